The second kappa shape index (κ2) is 8.53. The molecule has 0 saturated carbocycles. The lowest BCUT2D eigenvalue weighted by Gasteiger charge is -2.08. The van der Waals surface area contributed by atoms with Gasteiger partial charge in [0, 0.05) is 9.35 Å². The number of nitrogens with one attached hydrogen (secondary N) is 1. The number of hydrogen-bond acceptors (Lipinski definition) is 6. The topological polar surface area (TPSA) is 108 Å². The van der Waals surface area contributed by atoms with Crippen LogP contribution in [-0.4, -0.2) is 31.0 Å². The number of ether oxygens (including phenoxy) is 2. The molecular formula is C18H17BrN2O5S. The third-order valence-corrected chi connectivity index (χ3v) is 5.64. The van der Waals surface area contributed by atoms with Gasteiger partial charge in [0.2, 0.25) is 0 Å². The van der Waals surface area contributed by atoms with E-state index >= 15 is 0 Å². The number of carbonyl (C=O) groups is 3. The van der Waals surface area contributed by atoms with Crippen LogP contribution in [0.3, 0.4) is 0 Å². The fraction of sp³-hybridized carbons (Fsp3) is 0.278. The number of benzene rings is 1. The molecular weight excluding hydrogens is 436 g/mol. The molecule has 0 radical (unpaired) electrons. The number of amides is 2. The van der Waals surface area contributed by atoms with E-state index in [1.54, 1.807) is 18.2 Å². The number of primary amides is 1. The third kappa shape index (κ3) is 4.86. The summed E-state index contributed by atoms with van der Waals surface area (Å²) in [6.45, 7) is -0.787. The van der Waals surface area contributed by atoms with E-state index in [4.69, 9.17) is 15.2 Å². The molecule has 0 unspecified atom stereocenters. The van der Waals surface area contributed by atoms with Crippen LogP contribution in [-0.2, 0) is 27.2 Å². The number of hydrogen-bond donors (Lipinski definition) is 2. The van der Waals surface area contributed by atoms with E-state index in [1.807, 2.05) is 6.07 Å². The molecule has 0 atom stereocenters. The lowest BCUT2D eigenvalue weighted by atomic mass is 10.1. The number of thiophene rings is 1. The fourth-order valence-electron chi connectivity index (χ4n) is 2.80. The normalized spacial score (nSPS) is 12.3. The first-order chi connectivity index (χ1) is 12.9. The van der Waals surface area contributed by atoms with Crippen molar-refractivity contribution in [2.24, 2.45) is 5.73 Å². The molecule has 2 amide bonds. The molecule has 7 nitrogen and oxygen atoms in total. The second-order valence-electron chi connectivity index (χ2n) is 5.88. The Morgan fingerprint density at radius 2 is 2.04 bits per heavy atom. The molecule has 1 aliphatic carbocycles. The summed E-state index contributed by atoms with van der Waals surface area (Å²) in [5.41, 5.74) is 6.73. The highest BCUT2D eigenvalue weighted by Crippen LogP contribution is 2.38. The minimum atomic E-state index is -0.672. The van der Waals surface area contributed by atoms with Crippen LogP contribution in [0.25, 0.3) is 0 Å². The Kier molecular flexibility index (Phi) is 6.12. The summed E-state index contributed by atoms with van der Waals surface area (Å²) in [6.07, 6.45) is 2.63. The smallest absolute Gasteiger partial charge is 0.344 e. The first-order valence-corrected chi connectivity index (χ1v) is 9.83. The number of fused-ring (bicyclic) bond motifs is 1. The van der Waals surface area contributed by atoms with E-state index in [0.29, 0.717) is 16.3 Å². The van der Waals surface area contributed by atoms with E-state index in [9.17, 15) is 14.4 Å². The van der Waals surface area contributed by atoms with Gasteiger partial charge in [-0.3, -0.25) is 9.59 Å². The minimum Gasteiger partial charge on any atom is -0.482 e. The Morgan fingerprint density at radius 3 is 2.78 bits per heavy atom. The Labute approximate surface area is 168 Å². The van der Waals surface area contributed by atoms with Gasteiger partial charge in [-0.15, -0.1) is 11.3 Å². The van der Waals surface area contributed by atoms with Crippen LogP contribution in [0.15, 0.2) is 28.7 Å². The summed E-state index contributed by atoms with van der Waals surface area (Å²) in [5, 5.41) is 3.03. The van der Waals surface area contributed by atoms with Gasteiger partial charge in [0.25, 0.3) is 11.8 Å². The van der Waals surface area contributed by atoms with Gasteiger partial charge in [0.15, 0.2) is 13.2 Å². The molecule has 0 fully saturated rings. The number of halogens is 1. The van der Waals surface area contributed by atoms with E-state index in [1.165, 1.54) is 11.3 Å². The third-order valence-electron chi connectivity index (χ3n) is 3.94. The van der Waals surface area contributed by atoms with Crippen LogP contribution in [0.2, 0.25) is 0 Å². The zero-order valence-electron chi connectivity index (χ0n) is 14.2. The molecule has 1 heterocycles. The van der Waals surface area contributed by atoms with Gasteiger partial charge >= 0.3 is 5.97 Å². The van der Waals surface area contributed by atoms with Gasteiger partial charge in [-0.05, 0) is 43.0 Å². The number of anilines is 1. The molecule has 1 aromatic heterocycles. The first-order valence-electron chi connectivity index (χ1n) is 8.22. The van der Waals surface area contributed by atoms with Crippen LogP contribution in [0.4, 0.5) is 5.00 Å². The predicted molar refractivity (Wildman–Crippen MR) is 104 cm³/mol. The summed E-state index contributed by atoms with van der Waals surface area (Å²) >= 11 is 4.65. The van der Waals surface area contributed by atoms with Crippen LogP contribution in [0.1, 0.15) is 27.2 Å². The van der Waals surface area contributed by atoms with Crippen molar-refractivity contribution in [2.45, 2.75) is 19.3 Å². The predicted octanol–water partition coefficient (Wildman–Crippen LogP) is 2.66. The van der Waals surface area contributed by atoms with E-state index in [2.05, 4.69) is 21.2 Å². The van der Waals surface area contributed by atoms with Crippen molar-refractivity contribution in [2.75, 3.05) is 18.5 Å². The number of esters is 1. The average Bonchev–Trinajstić information content (AvgIpc) is 3.18. The largest absolute Gasteiger partial charge is 0.482 e. The van der Waals surface area contributed by atoms with E-state index < -0.39 is 24.4 Å². The van der Waals surface area contributed by atoms with Gasteiger partial charge in [-0.25, -0.2) is 4.79 Å². The standard InChI is InChI=1S/C18H17BrN2O5S/c19-10-3-1-4-11(7-10)25-9-15(23)26-8-14(22)21-18-16(17(20)24)12-5-2-6-13(12)27-18/h1,3-4,7H,2,5-6,8-9H2,(H2,20,24)(H,21,22). The summed E-state index contributed by atoms with van der Waals surface area (Å²) in [4.78, 5) is 36.6. The highest BCUT2D eigenvalue weighted by molar-refractivity contribution is 9.10. The zero-order chi connectivity index (χ0) is 19.4. The lowest BCUT2D eigenvalue weighted by Crippen LogP contribution is -2.24. The number of carbonyl (C=O) groups excluding carboxylic acids is 3. The number of aryl methyl sites for hydroxylation is 1. The van der Waals surface area contributed by atoms with Crippen LogP contribution in [0.5, 0.6) is 5.75 Å². The van der Waals surface area contributed by atoms with Crippen molar-refractivity contribution < 1.29 is 23.9 Å². The zero-order valence-corrected chi connectivity index (χ0v) is 16.7. The molecule has 0 bridgehead atoms. The van der Waals surface area contributed by atoms with Crippen molar-refractivity contribution in [1.82, 2.24) is 0 Å². The molecule has 3 N–H and O–H groups in total. The maximum atomic E-state index is 12.1. The minimum absolute atomic E-state index is 0.316. The van der Waals surface area contributed by atoms with Gasteiger partial charge in [-0.1, -0.05) is 22.0 Å². The number of rotatable bonds is 7. The van der Waals surface area contributed by atoms with E-state index in [-0.39, 0.29) is 6.61 Å². The molecule has 1 aromatic carbocycles. The summed E-state index contributed by atoms with van der Waals surface area (Å²) < 4.78 is 11.0. The van der Waals surface area contributed by atoms with Gasteiger partial charge in [0.05, 0.1) is 5.56 Å². The monoisotopic (exact) mass is 452 g/mol. The van der Waals surface area contributed by atoms with Crippen molar-refractivity contribution in [3.63, 3.8) is 0 Å². The molecule has 0 aliphatic heterocycles. The maximum absolute atomic E-state index is 12.1. The van der Waals surface area contributed by atoms with Crippen molar-refractivity contribution in [3.8, 4) is 5.75 Å². The molecule has 142 valence electrons. The van der Waals surface area contributed by atoms with Gasteiger partial charge < -0.3 is 20.5 Å². The molecule has 1 aliphatic rings. The average molecular weight is 453 g/mol. The summed E-state index contributed by atoms with van der Waals surface area (Å²) in [6, 6.07) is 7.01. The number of nitrogens with two attached hydrogens (primary N) is 1. The van der Waals surface area contributed by atoms with Crippen molar-refractivity contribution >= 4 is 50.1 Å². The molecule has 3 rings (SSSR count). The summed E-state index contributed by atoms with van der Waals surface area (Å²) in [5.74, 6) is -1.27. The van der Waals surface area contributed by atoms with Crippen molar-refractivity contribution in [3.05, 3.63) is 44.7 Å². The van der Waals surface area contributed by atoms with E-state index in [0.717, 1.165) is 34.2 Å². The Morgan fingerprint density at radius 1 is 1.22 bits per heavy atom. The highest BCUT2D eigenvalue weighted by Gasteiger charge is 2.26. The first kappa shape index (κ1) is 19.4. The van der Waals surface area contributed by atoms with Crippen LogP contribution in [0, 0.1) is 0 Å². The molecule has 2 aromatic rings. The fourth-order valence-corrected chi connectivity index (χ4v) is 4.49. The molecule has 9 heteroatoms. The Balaban J connectivity index is 1.50. The van der Waals surface area contributed by atoms with Gasteiger partial charge in [-0.2, -0.15) is 0 Å². The van der Waals surface area contributed by atoms with Gasteiger partial charge in [0.1, 0.15) is 10.8 Å². The Hall–Kier alpha value is -2.39. The highest BCUT2D eigenvalue weighted by atomic mass is 79.9. The van der Waals surface area contributed by atoms with Crippen LogP contribution >= 0.6 is 27.3 Å². The SMILES string of the molecule is NC(=O)c1c(NC(=O)COC(=O)COc2cccc(Br)c2)sc2c1CCC2. The maximum Gasteiger partial charge on any atom is 0.344 e. The summed E-state index contributed by atoms with van der Waals surface area (Å²) in [7, 11) is 0. The quantitative estimate of drug-likeness (QED) is 0.627. The lowest BCUT2D eigenvalue weighted by molar-refractivity contribution is -0.149. The Bertz CT molecular complexity index is 896. The second-order valence-corrected chi connectivity index (χ2v) is 7.90. The molecule has 27 heavy (non-hydrogen) atoms. The van der Waals surface area contributed by atoms with Crippen molar-refractivity contribution in [1.29, 1.82) is 0 Å². The molecule has 0 spiro atoms. The van der Waals surface area contributed by atoms with Crippen LogP contribution < -0.4 is 15.8 Å². The molecule has 0 saturated heterocycles.